The third kappa shape index (κ3) is 1.81. The largest absolute Gasteiger partial charge is 0.333 e. The van der Waals surface area contributed by atoms with Crippen molar-refractivity contribution in [3.63, 3.8) is 0 Å². The van der Waals surface area contributed by atoms with Crippen LogP contribution in [0.4, 0.5) is 0 Å². The van der Waals surface area contributed by atoms with Gasteiger partial charge >= 0.3 is 0 Å². The van der Waals surface area contributed by atoms with Crippen LogP contribution in [0.5, 0.6) is 0 Å². The fourth-order valence-corrected chi connectivity index (χ4v) is 3.94. The zero-order valence-electron chi connectivity index (χ0n) is 21.2. The van der Waals surface area contributed by atoms with Gasteiger partial charge in [-0.1, -0.05) is 12.1 Å². The summed E-state index contributed by atoms with van der Waals surface area (Å²) in [6.45, 7) is -4.68. The van der Waals surface area contributed by atoms with Gasteiger partial charge in [-0.25, -0.2) is 0 Å². The normalized spacial score (nSPS) is 54.9. The SMILES string of the molecule is [2H]C1([2H])CC[C@H]2c3c(cccc31)C(=O)N([C@]1([2H])CN3CC[C@H]1C([2H])([2H])C3([2H])[2H])C2([2H])[2H]. The van der Waals surface area contributed by atoms with Gasteiger partial charge in [0.25, 0.3) is 5.91 Å². The quantitative estimate of drug-likeness (QED) is 0.796. The number of aryl methyl sites for hydroxylation is 1. The second kappa shape index (κ2) is 4.82. The average Bonchev–Trinajstić information content (AvgIpc) is 2.64. The minimum Gasteiger partial charge on any atom is -0.333 e. The van der Waals surface area contributed by atoms with E-state index in [1.165, 1.54) is 11.0 Å². The summed E-state index contributed by atoms with van der Waals surface area (Å²) in [5.41, 5.74) is 0.818. The van der Waals surface area contributed by atoms with Gasteiger partial charge in [0.05, 0.1) is 4.11 Å². The molecule has 1 aromatic rings. The zero-order chi connectivity index (χ0) is 22.8. The molecule has 1 aromatic carbocycles. The summed E-state index contributed by atoms with van der Waals surface area (Å²) in [4.78, 5) is 15.7. The number of hydrogen-bond donors (Lipinski definition) is 0. The van der Waals surface area contributed by atoms with Crippen molar-refractivity contribution in [1.82, 2.24) is 9.80 Å². The topological polar surface area (TPSA) is 23.6 Å². The van der Waals surface area contributed by atoms with Crippen molar-refractivity contribution in [3.8, 4) is 0 Å². The van der Waals surface area contributed by atoms with E-state index in [-0.39, 0.29) is 37.9 Å². The lowest BCUT2D eigenvalue weighted by molar-refractivity contribution is 0.00258. The van der Waals surface area contributed by atoms with Crippen molar-refractivity contribution in [2.45, 2.75) is 43.9 Å². The van der Waals surface area contributed by atoms with Gasteiger partial charge in [0.2, 0.25) is 0 Å². The van der Waals surface area contributed by atoms with E-state index in [4.69, 9.17) is 11.0 Å². The Labute approximate surface area is 144 Å². The van der Waals surface area contributed by atoms with Crippen molar-refractivity contribution in [2.24, 2.45) is 5.92 Å². The third-order valence-electron chi connectivity index (χ3n) is 5.05. The second-order valence-electron chi connectivity index (χ2n) is 6.31. The van der Waals surface area contributed by atoms with Gasteiger partial charge in [-0.3, -0.25) is 4.79 Å². The van der Waals surface area contributed by atoms with Crippen LogP contribution in [0.1, 0.15) is 65.4 Å². The van der Waals surface area contributed by atoms with Crippen LogP contribution in [0, 0.1) is 5.92 Å². The molecular formula is C19H24N2O. The molecule has 0 N–H and O–H groups in total. The molecule has 5 aliphatic rings. The van der Waals surface area contributed by atoms with E-state index in [2.05, 4.69) is 0 Å². The van der Waals surface area contributed by atoms with E-state index in [1.807, 2.05) is 0 Å². The van der Waals surface area contributed by atoms with Crippen LogP contribution in [0.3, 0.4) is 0 Å². The molecule has 0 aromatic heterocycles. The number of nitrogens with zero attached hydrogens (tertiary/aromatic N) is 2. The first-order valence-corrected chi connectivity index (χ1v) is 7.90. The zero-order valence-corrected chi connectivity index (χ0v) is 12.2. The van der Waals surface area contributed by atoms with Gasteiger partial charge in [0, 0.05) is 38.8 Å². The van der Waals surface area contributed by atoms with Crippen LogP contribution in [0.2, 0.25) is 0 Å². The summed E-state index contributed by atoms with van der Waals surface area (Å²) in [5.74, 6) is -2.78. The van der Waals surface area contributed by atoms with Crippen molar-refractivity contribution >= 4 is 5.91 Å². The molecule has 0 spiro atoms. The summed E-state index contributed by atoms with van der Waals surface area (Å²) in [7, 11) is 0. The van der Waals surface area contributed by atoms with Crippen LogP contribution in [0.15, 0.2) is 18.2 Å². The van der Waals surface area contributed by atoms with Crippen LogP contribution in [-0.4, -0.2) is 47.8 Å². The molecule has 6 rings (SSSR count). The maximum Gasteiger partial charge on any atom is 0.254 e. The molecule has 1 aliphatic carbocycles. The van der Waals surface area contributed by atoms with Gasteiger partial charge in [-0.05, 0) is 68.2 Å². The van der Waals surface area contributed by atoms with Crippen LogP contribution < -0.4 is 0 Å². The molecule has 22 heavy (non-hydrogen) atoms. The fourth-order valence-electron chi connectivity index (χ4n) is 3.94. The Morgan fingerprint density at radius 1 is 1.32 bits per heavy atom. The lowest BCUT2D eigenvalue weighted by Gasteiger charge is -2.51. The van der Waals surface area contributed by atoms with E-state index >= 15 is 0 Å². The number of carbonyl (C=O) groups excluding carboxylic acids is 1. The molecule has 2 bridgehead atoms. The molecule has 4 heterocycles. The number of piperidine rings is 3. The van der Waals surface area contributed by atoms with E-state index in [1.54, 1.807) is 12.1 Å². The first kappa shape index (κ1) is 7.04. The predicted octanol–water partition coefficient (Wildman–Crippen LogP) is 2.66. The Hall–Kier alpha value is -1.35. The van der Waals surface area contributed by atoms with Crippen LogP contribution >= 0.6 is 0 Å². The molecular weight excluding hydrogens is 272 g/mol. The first-order valence-electron chi connectivity index (χ1n) is 12.4. The highest BCUT2D eigenvalue weighted by Crippen LogP contribution is 2.41. The molecule has 4 atom stereocenters. The standard InChI is InChI=1S/C19H24N2O/c22-19-16-6-2-4-14-3-1-5-15(18(14)16)11-21(19)17-12-20-9-7-13(17)8-10-20/h2,4,6,13,15,17H,1,3,5,7-12H2/t15-,17-/m1/s1/i3D2,7D2,9D2,11D2,17D/t13-,15-,17-. The van der Waals surface area contributed by atoms with E-state index < -0.39 is 49.5 Å². The Kier molecular flexibility index (Phi) is 1.54. The molecule has 3 heteroatoms. The molecule has 3 saturated heterocycles. The average molecular weight is 305 g/mol. The maximum absolute atomic E-state index is 13.6. The highest BCUT2D eigenvalue weighted by Gasteiger charge is 2.43. The minimum atomic E-state index is -2.44. The Morgan fingerprint density at radius 2 is 2.27 bits per heavy atom. The fraction of sp³-hybridized carbons (Fsp3) is 0.632. The predicted molar refractivity (Wildman–Crippen MR) is 86.1 cm³/mol. The van der Waals surface area contributed by atoms with Crippen molar-refractivity contribution in [1.29, 1.82) is 0 Å². The third-order valence-corrected chi connectivity index (χ3v) is 5.05. The van der Waals surface area contributed by atoms with Crippen LogP contribution in [-0.2, 0) is 6.37 Å². The van der Waals surface area contributed by atoms with Gasteiger partial charge in [-0.15, -0.1) is 0 Å². The van der Waals surface area contributed by atoms with Gasteiger partial charge in [-0.2, -0.15) is 0 Å². The molecule has 4 aliphatic heterocycles. The molecule has 0 radical (unpaired) electrons. The summed E-state index contributed by atoms with van der Waals surface area (Å²) < 4.78 is 77.1. The lowest BCUT2D eigenvalue weighted by atomic mass is 9.75. The summed E-state index contributed by atoms with van der Waals surface area (Å²) in [6, 6.07) is 2.69. The number of amides is 1. The van der Waals surface area contributed by atoms with E-state index in [0.717, 1.165) is 4.90 Å². The molecule has 116 valence electrons. The summed E-state index contributed by atoms with van der Waals surface area (Å²) in [6.07, 6.45) is -3.72. The summed E-state index contributed by atoms with van der Waals surface area (Å²) >= 11 is 0. The Bertz CT molecular complexity index is 981. The van der Waals surface area contributed by atoms with Crippen molar-refractivity contribution < 1.29 is 17.1 Å². The molecule has 1 unspecified atom stereocenters. The first-order chi connectivity index (χ1) is 14.2. The molecule has 3 nitrogen and oxygen atoms in total. The minimum absolute atomic E-state index is 0.0829. The Balaban J connectivity index is 1.69. The molecule has 0 saturated carbocycles. The number of carbonyl (C=O) groups is 1. The van der Waals surface area contributed by atoms with Gasteiger partial charge in [0.15, 0.2) is 0 Å². The van der Waals surface area contributed by atoms with Gasteiger partial charge in [0.1, 0.15) is 0 Å². The molecule has 1 amide bonds. The van der Waals surface area contributed by atoms with Crippen molar-refractivity contribution in [2.75, 3.05) is 26.1 Å². The van der Waals surface area contributed by atoms with E-state index in [9.17, 15) is 6.17 Å². The van der Waals surface area contributed by atoms with Crippen LogP contribution in [0.25, 0.3) is 0 Å². The number of rotatable bonds is 1. The number of fused-ring (bicyclic) bond motifs is 3. The summed E-state index contributed by atoms with van der Waals surface area (Å²) in [5, 5.41) is 0. The number of benzene rings is 1. The highest BCUT2D eigenvalue weighted by atomic mass is 16.2. The van der Waals surface area contributed by atoms with E-state index in [0.29, 0.717) is 11.1 Å². The second-order valence-corrected chi connectivity index (χ2v) is 6.31. The molecule has 3 fully saturated rings. The number of hydrogen-bond acceptors (Lipinski definition) is 2. The smallest absolute Gasteiger partial charge is 0.254 e. The lowest BCUT2D eigenvalue weighted by Crippen LogP contribution is -2.60. The Morgan fingerprint density at radius 3 is 3.18 bits per heavy atom. The van der Waals surface area contributed by atoms with Gasteiger partial charge < -0.3 is 9.80 Å². The monoisotopic (exact) mass is 305 g/mol. The highest BCUT2D eigenvalue weighted by molar-refractivity contribution is 5.97. The maximum atomic E-state index is 13.6. The van der Waals surface area contributed by atoms with Crippen molar-refractivity contribution in [3.05, 3.63) is 34.9 Å².